The van der Waals surface area contributed by atoms with Crippen molar-refractivity contribution in [3.63, 3.8) is 0 Å². The van der Waals surface area contributed by atoms with Gasteiger partial charge < -0.3 is 14.4 Å². The first-order valence-corrected chi connectivity index (χ1v) is 8.85. The first-order valence-electron chi connectivity index (χ1n) is 8.85. The van der Waals surface area contributed by atoms with Crippen LogP contribution in [0.15, 0.2) is 69.7 Å². The highest BCUT2D eigenvalue weighted by atomic mass is 16.5. The largest absolute Gasteiger partial charge is 0.355 e. The Balaban J connectivity index is 1.35. The minimum absolute atomic E-state index is 0.118. The highest BCUT2D eigenvalue weighted by Crippen LogP contribution is 2.20. The van der Waals surface area contributed by atoms with Gasteiger partial charge in [0.05, 0.1) is 6.54 Å². The van der Waals surface area contributed by atoms with Crippen molar-refractivity contribution in [1.82, 2.24) is 20.6 Å². The Hall–Kier alpha value is -3.74. The fourth-order valence-corrected chi connectivity index (χ4v) is 2.69. The van der Waals surface area contributed by atoms with Gasteiger partial charge in [-0.1, -0.05) is 70.5 Å². The van der Waals surface area contributed by atoms with Gasteiger partial charge in [0.15, 0.2) is 17.3 Å². The highest BCUT2D eigenvalue weighted by molar-refractivity contribution is 5.92. The Bertz CT molecular complexity index is 1070. The number of benzene rings is 2. The maximum atomic E-state index is 12.3. The van der Waals surface area contributed by atoms with Gasteiger partial charge >= 0.3 is 0 Å². The minimum Gasteiger partial charge on any atom is -0.355 e. The molecule has 7 heteroatoms. The van der Waals surface area contributed by atoms with Gasteiger partial charge in [-0.3, -0.25) is 4.79 Å². The second-order valence-electron chi connectivity index (χ2n) is 6.39. The Morgan fingerprint density at radius 3 is 2.57 bits per heavy atom. The van der Waals surface area contributed by atoms with E-state index in [4.69, 9.17) is 9.05 Å². The zero-order chi connectivity index (χ0) is 19.3. The topological polar surface area (TPSA) is 94.1 Å². The summed E-state index contributed by atoms with van der Waals surface area (Å²) in [4.78, 5) is 16.6. The third-order valence-electron chi connectivity index (χ3n) is 4.19. The molecule has 0 saturated heterocycles. The molecule has 0 spiro atoms. The molecular formula is C21H18N4O3. The number of hydrogen-bond acceptors (Lipinski definition) is 6. The molecule has 4 rings (SSSR count). The fourth-order valence-electron chi connectivity index (χ4n) is 2.69. The van der Waals surface area contributed by atoms with E-state index >= 15 is 0 Å². The quantitative estimate of drug-likeness (QED) is 0.555. The number of hydrogen-bond donors (Lipinski definition) is 1. The molecule has 0 aliphatic carbocycles. The van der Waals surface area contributed by atoms with Crippen molar-refractivity contribution in [1.29, 1.82) is 0 Å². The van der Waals surface area contributed by atoms with Gasteiger partial charge in [-0.05, 0) is 12.5 Å². The van der Waals surface area contributed by atoms with Crippen LogP contribution < -0.4 is 5.32 Å². The summed E-state index contributed by atoms with van der Waals surface area (Å²) in [5.41, 5.74) is 3.29. The molecule has 0 aliphatic rings. The van der Waals surface area contributed by atoms with E-state index in [2.05, 4.69) is 20.6 Å². The molecule has 2 aromatic heterocycles. The average Bonchev–Trinajstić information content (AvgIpc) is 3.37. The molecule has 1 N–H and O–H groups in total. The van der Waals surface area contributed by atoms with Crippen molar-refractivity contribution in [3.8, 4) is 11.3 Å². The standard InChI is InChI=1S/C21H18N4O3/c1-14-7-9-16(10-8-14)18-12-17(24-27-18)21(26)22-13-20-23-19(25-28-20)11-15-5-3-2-4-6-15/h2-10,12H,11,13H2,1H3,(H,22,26). The second kappa shape index (κ2) is 7.87. The summed E-state index contributed by atoms with van der Waals surface area (Å²) in [6.07, 6.45) is 0.571. The smallest absolute Gasteiger partial charge is 0.273 e. The Labute approximate surface area is 161 Å². The average molecular weight is 374 g/mol. The molecule has 140 valence electrons. The number of aromatic nitrogens is 3. The number of nitrogens with zero attached hydrogens (tertiary/aromatic N) is 3. The van der Waals surface area contributed by atoms with Crippen LogP contribution in [0.3, 0.4) is 0 Å². The summed E-state index contributed by atoms with van der Waals surface area (Å²) < 4.78 is 10.5. The van der Waals surface area contributed by atoms with Gasteiger partial charge in [0.2, 0.25) is 5.89 Å². The molecule has 0 aliphatic heterocycles. The summed E-state index contributed by atoms with van der Waals surface area (Å²) in [6, 6.07) is 19.2. The van der Waals surface area contributed by atoms with E-state index in [0.29, 0.717) is 23.9 Å². The maximum absolute atomic E-state index is 12.3. The molecule has 4 aromatic rings. The van der Waals surface area contributed by atoms with Gasteiger partial charge in [-0.25, -0.2) is 0 Å². The highest BCUT2D eigenvalue weighted by Gasteiger charge is 2.15. The summed E-state index contributed by atoms with van der Waals surface area (Å²) in [7, 11) is 0. The monoisotopic (exact) mass is 374 g/mol. The van der Waals surface area contributed by atoms with Gasteiger partial charge in [0.1, 0.15) is 0 Å². The van der Waals surface area contributed by atoms with Crippen molar-refractivity contribution in [2.24, 2.45) is 0 Å². The van der Waals surface area contributed by atoms with Crippen LogP contribution in [-0.2, 0) is 13.0 Å². The van der Waals surface area contributed by atoms with Gasteiger partial charge in [-0.2, -0.15) is 4.98 Å². The van der Waals surface area contributed by atoms with Crippen LogP contribution in [0.1, 0.15) is 33.3 Å². The summed E-state index contributed by atoms with van der Waals surface area (Å²) in [5.74, 6) is 1.07. The Kier molecular flexibility index (Phi) is 4.97. The van der Waals surface area contributed by atoms with Crippen molar-refractivity contribution in [2.45, 2.75) is 19.9 Å². The second-order valence-corrected chi connectivity index (χ2v) is 6.39. The van der Waals surface area contributed by atoms with Crippen LogP contribution in [0.4, 0.5) is 0 Å². The van der Waals surface area contributed by atoms with E-state index in [1.165, 1.54) is 0 Å². The van der Waals surface area contributed by atoms with E-state index in [0.717, 1.165) is 16.7 Å². The first kappa shape index (κ1) is 17.7. The molecular weight excluding hydrogens is 356 g/mol. The van der Waals surface area contributed by atoms with Crippen LogP contribution in [0.25, 0.3) is 11.3 Å². The lowest BCUT2D eigenvalue weighted by molar-refractivity contribution is 0.0937. The van der Waals surface area contributed by atoms with Crippen molar-refractivity contribution in [3.05, 3.63) is 89.2 Å². The van der Waals surface area contributed by atoms with E-state index in [1.807, 2.05) is 61.5 Å². The molecule has 0 atom stereocenters. The third kappa shape index (κ3) is 4.15. The van der Waals surface area contributed by atoms with E-state index < -0.39 is 0 Å². The SMILES string of the molecule is Cc1ccc(-c2cc(C(=O)NCc3nc(Cc4ccccc4)no3)no2)cc1. The Morgan fingerprint density at radius 1 is 1.00 bits per heavy atom. The van der Waals surface area contributed by atoms with Crippen molar-refractivity contribution in [2.75, 3.05) is 0 Å². The van der Waals surface area contributed by atoms with E-state index in [9.17, 15) is 4.79 Å². The predicted octanol–water partition coefficient (Wildman–Crippen LogP) is 3.55. The number of amides is 1. The molecule has 0 radical (unpaired) electrons. The van der Waals surface area contributed by atoms with Crippen molar-refractivity contribution >= 4 is 5.91 Å². The number of rotatable bonds is 6. The molecule has 0 bridgehead atoms. The number of carbonyl (C=O) groups excluding carboxylic acids is 1. The molecule has 1 amide bonds. The van der Waals surface area contributed by atoms with Crippen LogP contribution in [-0.4, -0.2) is 21.2 Å². The van der Waals surface area contributed by atoms with Crippen LogP contribution in [0.2, 0.25) is 0 Å². The summed E-state index contributed by atoms with van der Waals surface area (Å²) in [6.45, 7) is 2.12. The molecule has 2 aromatic carbocycles. The fraction of sp³-hybridized carbons (Fsp3) is 0.143. The number of carbonyl (C=O) groups is 1. The lowest BCUT2D eigenvalue weighted by atomic mass is 10.1. The first-order chi connectivity index (χ1) is 13.7. The Morgan fingerprint density at radius 2 is 1.79 bits per heavy atom. The molecule has 7 nitrogen and oxygen atoms in total. The number of aryl methyl sites for hydroxylation is 1. The molecule has 0 fully saturated rings. The molecule has 0 saturated carbocycles. The summed E-state index contributed by atoms with van der Waals surface area (Å²) >= 11 is 0. The third-order valence-corrected chi connectivity index (χ3v) is 4.19. The van der Waals surface area contributed by atoms with Crippen LogP contribution in [0, 0.1) is 6.92 Å². The van der Waals surface area contributed by atoms with E-state index in [-0.39, 0.29) is 18.1 Å². The normalized spacial score (nSPS) is 10.8. The zero-order valence-electron chi connectivity index (χ0n) is 15.3. The molecule has 28 heavy (non-hydrogen) atoms. The van der Waals surface area contributed by atoms with Crippen molar-refractivity contribution < 1.29 is 13.8 Å². The lowest BCUT2D eigenvalue weighted by Gasteiger charge is -1.97. The van der Waals surface area contributed by atoms with Crippen LogP contribution >= 0.6 is 0 Å². The lowest BCUT2D eigenvalue weighted by Crippen LogP contribution is -2.23. The zero-order valence-corrected chi connectivity index (χ0v) is 15.3. The van der Waals surface area contributed by atoms with Crippen LogP contribution in [0.5, 0.6) is 0 Å². The minimum atomic E-state index is -0.370. The predicted molar refractivity (Wildman–Crippen MR) is 101 cm³/mol. The maximum Gasteiger partial charge on any atom is 0.273 e. The van der Waals surface area contributed by atoms with E-state index in [1.54, 1.807) is 6.07 Å². The number of nitrogens with one attached hydrogen (secondary N) is 1. The van der Waals surface area contributed by atoms with Gasteiger partial charge in [0, 0.05) is 18.1 Å². The molecule has 2 heterocycles. The van der Waals surface area contributed by atoms with Gasteiger partial charge in [0.25, 0.3) is 5.91 Å². The molecule has 0 unspecified atom stereocenters. The summed E-state index contributed by atoms with van der Waals surface area (Å²) in [5, 5.41) is 10.5. The van der Waals surface area contributed by atoms with Gasteiger partial charge in [-0.15, -0.1) is 0 Å².